The lowest BCUT2D eigenvalue weighted by atomic mass is 10.1. The molecule has 5 heteroatoms. The van der Waals surface area contributed by atoms with Crippen LogP contribution in [-0.2, 0) is 14.3 Å². The fourth-order valence-corrected chi connectivity index (χ4v) is 1.64. The van der Waals surface area contributed by atoms with Crippen LogP contribution in [0.15, 0.2) is 0 Å². The summed E-state index contributed by atoms with van der Waals surface area (Å²) < 4.78 is 5.38. The van der Waals surface area contributed by atoms with Crippen LogP contribution in [0, 0.1) is 5.92 Å². The summed E-state index contributed by atoms with van der Waals surface area (Å²) in [7, 11) is 0. The maximum absolute atomic E-state index is 10.9. The molecular weight excluding hydrogens is 174 g/mol. The van der Waals surface area contributed by atoms with Gasteiger partial charge in [0.1, 0.15) is 6.23 Å². The lowest BCUT2D eigenvalue weighted by Crippen LogP contribution is -2.48. The van der Waals surface area contributed by atoms with E-state index in [1.165, 1.54) is 0 Å². The van der Waals surface area contributed by atoms with Gasteiger partial charge < -0.3 is 14.7 Å². The minimum absolute atomic E-state index is 0.0603. The maximum Gasteiger partial charge on any atom is 0.308 e. The molecule has 0 bridgehead atoms. The van der Waals surface area contributed by atoms with E-state index in [1.807, 2.05) is 0 Å². The van der Waals surface area contributed by atoms with Gasteiger partial charge in [0.15, 0.2) is 0 Å². The van der Waals surface area contributed by atoms with Crippen LogP contribution >= 0.6 is 0 Å². The number of hydrogen-bond acceptors (Lipinski definition) is 3. The van der Waals surface area contributed by atoms with Gasteiger partial charge in [-0.25, -0.2) is 0 Å². The number of β-lactam (4-membered cyclic amide) rings is 1. The van der Waals surface area contributed by atoms with Gasteiger partial charge >= 0.3 is 5.97 Å². The molecule has 2 rings (SSSR count). The molecule has 0 aromatic heterocycles. The second-order valence-corrected chi connectivity index (χ2v) is 3.51. The van der Waals surface area contributed by atoms with Crippen LogP contribution in [0.25, 0.3) is 0 Å². The molecule has 2 aliphatic heterocycles. The van der Waals surface area contributed by atoms with Crippen molar-refractivity contribution in [1.29, 1.82) is 0 Å². The first-order valence-corrected chi connectivity index (χ1v) is 4.27. The minimum atomic E-state index is -0.875. The molecule has 3 unspecified atom stereocenters. The predicted molar refractivity (Wildman–Crippen MR) is 41.8 cm³/mol. The molecule has 2 fully saturated rings. The van der Waals surface area contributed by atoms with Crippen LogP contribution in [0.3, 0.4) is 0 Å². The summed E-state index contributed by atoms with van der Waals surface area (Å²) in [4.78, 5) is 23.2. The van der Waals surface area contributed by atoms with Gasteiger partial charge in [0.05, 0.1) is 25.0 Å². The number of carbonyl (C=O) groups excluding carboxylic acids is 1. The first-order chi connectivity index (χ1) is 6.09. The number of nitrogens with zero attached hydrogens (tertiary/aromatic N) is 1. The highest BCUT2D eigenvalue weighted by Crippen LogP contribution is 2.31. The predicted octanol–water partition coefficient (Wildman–Crippen LogP) is -0.336. The Labute approximate surface area is 75.3 Å². The van der Waals surface area contributed by atoms with Gasteiger partial charge in [-0.3, -0.25) is 9.59 Å². The molecule has 0 aromatic carbocycles. The Kier molecular flexibility index (Phi) is 1.76. The third-order valence-electron chi connectivity index (χ3n) is 2.67. The van der Waals surface area contributed by atoms with Crippen molar-refractivity contribution in [2.75, 3.05) is 6.54 Å². The molecule has 0 aliphatic carbocycles. The standard InChI is InChI=1S/C8H11NO4/c1-4(8(11)12)5-3-9-6(10)2-7(9)13-5/h4-5,7H,2-3H2,1H3,(H,11,12). The Morgan fingerprint density at radius 2 is 2.46 bits per heavy atom. The molecule has 1 N–H and O–H groups in total. The molecule has 0 radical (unpaired) electrons. The number of carbonyl (C=O) groups is 2. The Morgan fingerprint density at radius 3 is 2.92 bits per heavy atom. The first kappa shape index (κ1) is 8.50. The van der Waals surface area contributed by atoms with Crippen molar-refractivity contribution in [1.82, 2.24) is 4.90 Å². The highest BCUT2D eigenvalue weighted by atomic mass is 16.5. The lowest BCUT2D eigenvalue weighted by molar-refractivity contribution is -0.158. The van der Waals surface area contributed by atoms with Gasteiger partial charge in [0.25, 0.3) is 0 Å². The highest BCUT2D eigenvalue weighted by molar-refractivity contribution is 5.83. The van der Waals surface area contributed by atoms with Crippen molar-refractivity contribution in [2.24, 2.45) is 5.92 Å². The zero-order chi connectivity index (χ0) is 9.59. The van der Waals surface area contributed by atoms with E-state index in [1.54, 1.807) is 11.8 Å². The fraction of sp³-hybridized carbons (Fsp3) is 0.750. The molecule has 13 heavy (non-hydrogen) atoms. The second kappa shape index (κ2) is 2.70. The van der Waals surface area contributed by atoms with E-state index < -0.39 is 11.9 Å². The summed E-state index contributed by atoms with van der Waals surface area (Å²) >= 11 is 0. The van der Waals surface area contributed by atoms with E-state index in [2.05, 4.69) is 0 Å². The Morgan fingerprint density at radius 1 is 1.77 bits per heavy atom. The average molecular weight is 185 g/mol. The summed E-state index contributed by atoms with van der Waals surface area (Å²) in [5, 5.41) is 8.72. The van der Waals surface area contributed by atoms with Crippen LogP contribution in [0.4, 0.5) is 0 Å². The first-order valence-electron chi connectivity index (χ1n) is 4.27. The van der Waals surface area contributed by atoms with E-state index in [-0.39, 0.29) is 18.2 Å². The number of fused-ring (bicyclic) bond motifs is 1. The highest BCUT2D eigenvalue weighted by Gasteiger charge is 2.47. The van der Waals surface area contributed by atoms with Gasteiger partial charge in [0, 0.05) is 0 Å². The molecule has 2 aliphatic rings. The molecule has 1 amide bonds. The molecule has 3 atom stereocenters. The largest absolute Gasteiger partial charge is 0.481 e. The SMILES string of the molecule is CC(C(=O)O)C1CN2C(=O)CC2O1. The minimum Gasteiger partial charge on any atom is -0.481 e. The lowest BCUT2D eigenvalue weighted by Gasteiger charge is -2.31. The van der Waals surface area contributed by atoms with Gasteiger partial charge in [-0.15, -0.1) is 0 Å². The average Bonchev–Trinajstić information content (AvgIpc) is 2.41. The number of aliphatic carboxylic acids is 1. The number of hydrogen-bond donors (Lipinski definition) is 1. The number of carboxylic acids is 1. The van der Waals surface area contributed by atoms with Crippen LogP contribution in [0.2, 0.25) is 0 Å². The van der Waals surface area contributed by atoms with E-state index in [9.17, 15) is 9.59 Å². The van der Waals surface area contributed by atoms with Crippen molar-refractivity contribution in [2.45, 2.75) is 25.7 Å². The zero-order valence-corrected chi connectivity index (χ0v) is 7.27. The molecule has 0 saturated carbocycles. The number of carboxylic acid groups (broad SMARTS) is 1. The Hall–Kier alpha value is -1.10. The third kappa shape index (κ3) is 1.19. The van der Waals surface area contributed by atoms with Crippen molar-refractivity contribution < 1.29 is 19.4 Å². The molecule has 2 heterocycles. The van der Waals surface area contributed by atoms with Crippen LogP contribution in [0.1, 0.15) is 13.3 Å². The van der Waals surface area contributed by atoms with E-state index >= 15 is 0 Å². The summed E-state index contributed by atoms with van der Waals surface area (Å²) in [6, 6.07) is 0. The van der Waals surface area contributed by atoms with Crippen molar-refractivity contribution in [3.05, 3.63) is 0 Å². The monoisotopic (exact) mass is 185 g/mol. The normalized spacial score (nSPS) is 33.9. The summed E-state index contributed by atoms with van der Waals surface area (Å²) in [6.45, 7) is 2.03. The molecule has 5 nitrogen and oxygen atoms in total. The van der Waals surface area contributed by atoms with E-state index in [4.69, 9.17) is 9.84 Å². The number of ether oxygens (including phenoxy) is 1. The maximum atomic E-state index is 10.9. The van der Waals surface area contributed by atoms with Gasteiger partial charge in [-0.1, -0.05) is 0 Å². The summed E-state index contributed by atoms with van der Waals surface area (Å²) in [5.41, 5.74) is 0. The van der Waals surface area contributed by atoms with E-state index in [0.29, 0.717) is 13.0 Å². The van der Waals surface area contributed by atoms with Crippen molar-refractivity contribution in [3.8, 4) is 0 Å². The summed E-state index contributed by atoms with van der Waals surface area (Å²) in [6.07, 6.45) is -0.0868. The zero-order valence-electron chi connectivity index (χ0n) is 7.27. The van der Waals surface area contributed by atoms with Gasteiger partial charge in [-0.2, -0.15) is 0 Å². The Balaban J connectivity index is 1.98. The molecule has 0 spiro atoms. The van der Waals surface area contributed by atoms with Crippen LogP contribution in [-0.4, -0.2) is 40.8 Å². The molecule has 0 aromatic rings. The fourth-order valence-electron chi connectivity index (χ4n) is 1.64. The van der Waals surface area contributed by atoms with Crippen LogP contribution in [0.5, 0.6) is 0 Å². The third-order valence-corrected chi connectivity index (χ3v) is 2.67. The number of rotatable bonds is 2. The Bertz CT molecular complexity index is 265. The summed E-state index contributed by atoms with van der Waals surface area (Å²) in [5.74, 6) is -1.36. The molecule has 2 saturated heterocycles. The van der Waals surface area contributed by atoms with Crippen molar-refractivity contribution >= 4 is 11.9 Å². The second-order valence-electron chi connectivity index (χ2n) is 3.51. The van der Waals surface area contributed by atoms with Gasteiger partial charge in [-0.05, 0) is 6.92 Å². The molecular formula is C8H11NO4. The quantitative estimate of drug-likeness (QED) is 0.598. The van der Waals surface area contributed by atoms with Gasteiger partial charge in [0.2, 0.25) is 5.91 Å². The van der Waals surface area contributed by atoms with Crippen LogP contribution < -0.4 is 0 Å². The smallest absolute Gasteiger partial charge is 0.308 e. The van der Waals surface area contributed by atoms with Crippen molar-refractivity contribution in [3.63, 3.8) is 0 Å². The van der Waals surface area contributed by atoms with E-state index in [0.717, 1.165) is 0 Å². The topological polar surface area (TPSA) is 66.8 Å². The number of amides is 1. The molecule has 72 valence electrons.